The molecular weight excluding hydrogens is 244 g/mol. The summed E-state index contributed by atoms with van der Waals surface area (Å²) in [4.78, 5) is 13.4. The standard InChI is InChI=1S/C14H20N2O3/c1-2-8-16(9-10-17)14(18)7-11-19-13-6-4-3-5-12(13)15/h2-6,17H,1,7-11,15H2. The molecule has 0 aliphatic heterocycles. The van der Waals surface area contributed by atoms with Crippen molar-refractivity contribution in [2.24, 2.45) is 0 Å². The molecule has 3 N–H and O–H groups in total. The van der Waals surface area contributed by atoms with Crippen molar-refractivity contribution in [2.45, 2.75) is 6.42 Å². The third-order valence-electron chi connectivity index (χ3n) is 2.56. The van der Waals surface area contributed by atoms with Crippen LogP contribution in [0.1, 0.15) is 6.42 Å². The van der Waals surface area contributed by atoms with Crippen LogP contribution in [0.2, 0.25) is 0 Å². The van der Waals surface area contributed by atoms with Gasteiger partial charge in [-0.2, -0.15) is 0 Å². The first kappa shape index (κ1) is 15.0. The fourth-order valence-corrected chi connectivity index (χ4v) is 1.61. The summed E-state index contributed by atoms with van der Waals surface area (Å²) >= 11 is 0. The molecule has 0 bridgehead atoms. The van der Waals surface area contributed by atoms with Gasteiger partial charge in [0, 0.05) is 13.1 Å². The molecule has 1 aromatic rings. The van der Waals surface area contributed by atoms with Gasteiger partial charge in [0.2, 0.25) is 5.91 Å². The number of hydrogen-bond acceptors (Lipinski definition) is 4. The predicted octanol–water partition coefficient (Wildman–Crippen LogP) is 1.04. The average molecular weight is 264 g/mol. The lowest BCUT2D eigenvalue weighted by atomic mass is 10.3. The Kier molecular flexibility index (Phi) is 6.46. The number of para-hydroxylation sites is 2. The SMILES string of the molecule is C=CCN(CCO)C(=O)CCOc1ccccc1N. The molecule has 1 aromatic carbocycles. The van der Waals surface area contributed by atoms with Crippen LogP contribution in [0.3, 0.4) is 0 Å². The molecule has 0 aliphatic rings. The molecule has 0 radical (unpaired) electrons. The molecule has 0 atom stereocenters. The Bertz CT molecular complexity index is 421. The number of aliphatic hydroxyl groups is 1. The second kappa shape index (κ2) is 8.16. The molecule has 0 aliphatic carbocycles. The highest BCUT2D eigenvalue weighted by molar-refractivity contribution is 5.76. The van der Waals surface area contributed by atoms with Crippen molar-refractivity contribution in [2.75, 3.05) is 32.0 Å². The second-order valence-electron chi connectivity index (χ2n) is 3.99. The van der Waals surface area contributed by atoms with Crippen molar-refractivity contribution in [1.82, 2.24) is 4.90 Å². The van der Waals surface area contributed by atoms with Crippen LogP contribution in [0.5, 0.6) is 5.75 Å². The van der Waals surface area contributed by atoms with Crippen LogP contribution in [0, 0.1) is 0 Å². The smallest absolute Gasteiger partial charge is 0.226 e. The lowest BCUT2D eigenvalue weighted by molar-refractivity contribution is -0.131. The van der Waals surface area contributed by atoms with E-state index in [2.05, 4.69) is 6.58 Å². The van der Waals surface area contributed by atoms with Gasteiger partial charge in [0.15, 0.2) is 0 Å². The van der Waals surface area contributed by atoms with Gasteiger partial charge in [-0.25, -0.2) is 0 Å². The predicted molar refractivity (Wildman–Crippen MR) is 74.8 cm³/mol. The number of nitrogens with two attached hydrogens (primary N) is 1. The van der Waals surface area contributed by atoms with Crippen LogP contribution in [-0.4, -0.2) is 42.2 Å². The molecule has 5 heteroatoms. The Labute approximate surface area is 113 Å². The lowest BCUT2D eigenvalue weighted by Crippen LogP contribution is -2.34. The zero-order valence-electron chi connectivity index (χ0n) is 10.9. The number of rotatable bonds is 8. The van der Waals surface area contributed by atoms with E-state index in [1.807, 2.05) is 12.1 Å². The molecule has 0 unspecified atom stereocenters. The molecule has 0 heterocycles. The number of benzene rings is 1. The van der Waals surface area contributed by atoms with E-state index in [1.165, 1.54) is 4.90 Å². The molecule has 0 fully saturated rings. The summed E-state index contributed by atoms with van der Waals surface area (Å²) in [6.07, 6.45) is 1.87. The highest BCUT2D eigenvalue weighted by atomic mass is 16.5. The van der Waals surface area contributed by atoms with Gasteiger partial charge in [0.25, 0.3) is 0 Å². The zero-order chi connectivity index (χ0) is 14.1. The third-order valence-corrected chi connectivity index (χ3v) is 2.56. The van der Waals surface area contributed by atoms with Gasteiger partial charge in [-0.3, -0.25) is 4.79 Å². The van der Waals surface area contributed by atoms with Crippen LogP contribution in [-0.2, 0) is 4.79 Å². The molecule has 0 spiro atoms. The Morgan fingerprint density at radius 3 is 2.84 bits per heavy atom. The first-order valence-corrected chi connectivity index (χ1v) is 6.16. The van der Waals surface area contributed by atoms with Crippen LogP contribution in [0.4, 0.5) is 5.69 Å². The maximum absolute atomic E-state index is 11.9. The van der Waals surface area contributed by atoms with Gasteiger partial charge < -0.3 is 20.5 Å². The number of carbonyl (C=O) groups excluding carboxylic acids is 1. The van der Waals surface area contributed by atoms with E-state index in [4.69, 9.17) is 15.6 Å². The zero-order valence-corrected chi connectivity index (χ0v) is 10.9. The first-order valence-electron chi connectivity index (χ1n) is 6.16. The summed E-state index contributed by atoms with van der Waals surface area (Å²) in [7, 11) is 0. The summed E-state index contributed by atoms with van der Waals surface area (Å²) in [6, 6.07) is 7.14. The molecule has 19 heavy (non-hydrogen) atoms. The number of anilines is 1. The minimum absolute atomic E-state index is 0.0634. The highest BCUT2D eigenvalue weighted by Gasteiger charge is 2.11. The number of nitrogen functional groups attached to an aromatic ring is 1. The monoisotopic (exact) mass is 264 g/mol. The van der Waals surface area contributed by atoms with Gasteiger partial charge in [-0.15, -0.1) is 6.58 Å². The number of nitrogens with zero attached hydrogens (tertiary/aromatic N) is 1. The Morgan fingerprint density at radius 1 is 1.47 bits per heavy atom. The third kappa shape index (κ3) is 5.01. The van der Waals surface area contributed by atoms with Crippen molar-refractivity contribution in [3.63, 3.8) is 0 Å². The fraction of sp³-hybridized carbons (Fsp3) is 0.357. The summed E-state index contributed by atoms with van der Waals surface area (Å²) in [5.74, 6) is 0.496. The van der Waals surface area contributed by atoms with Gasteiger partial charge in [0.05, 0.1) is 25.3 Å². The van der Waals surface area contributed by atoms with Crippen molar-refractivity contribution >= 4 is 11.6 Å². The van der Waals surface area contributed by atoms with E-state index >= 15 is 0 Å². The lowest BCUT2D eigenvalue weighted by Gasteiger charge is -2.20. The molecule has 0 saturated heterocycles. The number of ether oxygens (including phenoxy) is 1. The number of hydrogen-bond donors (Lipinski definition) is 2. The first-order chi connectivity index (χ1) is 9.19. The summed E-state index contributed by atoms with van der Waals surface area (Å²) in [5, 5.41) is 8.88. The second-order valence-corrected chi connectivity index (χ2v) is 3.99. The van der Waals surface area contributed by atoms with Crippen LogP contribution >= 0.6 is 0 Å². The Morgan fingerprint density at radius 2 is 2.21 bits per heavy atom. The van der Waals surface area contributed by atoms with Crippen molar-refractivity contribution in [3.8, 4) is 5.75 Å². The number of amides is 1. The largest absolute Gasteiger partial charge is 0.491 e. The van der Waals surface area contributed by atoms with E-state index in [0.717, 1.165) is 0 Å². The molecule has 104 valence electrons. The molecule has 0 aromatic heterocycles. The molecule has 5 nitrogen and oxygen atoms in total. The van der Waals surface area contributed by atoms with Crippen molar-refractivity contribution in [1.29, 1.82) is 0 Å². The minimum atomic E-state index is -0.0801. The fourth-order valence-electron chi connectivity index (χ4n) is 1.61. The van der Waals surface area contributed by atoms with Crippen molar-refractivity contribution in [3.05, 3.63) is 36.9 Å². The topological polar surface area (TPSA) is 75.8 Å². The van der Waals surface area contributed by atoms with E-state index < -0.39 is 0 Å². The van der Waals surface area contributed by atoms with Crippen LogP contribution in [0.25, 0.3) is 0 Å². The van der Waals surface area contributed by atoms with Gasteiger partial charge in [-0.05, 0) is 12.1 Å². The number of aliphatic hydroxyl groups excluding tert-OH is 1. The van der Waals surface area contributed by atoms with E-state index in [9.17, 15) is 4.79 Å². The van der Waals surface area contributed by atoms with E-state index in [0.29, 0.717) is 24.5 Å². The molecule has 1 rings (SSSR count). The summed E-state index contributed by atoms with van der Waals surface area (Å²) < 4.78 is 5.45. The average Bonchev–Trinajstić information content (AvgIpc) is 2.40. The Hall–Kier alpha value is -2.01. The highest BCUT2D eigenvalue weighted by Crippen LogP contribution is 2.19. The van der Waals surface area contributed by atoms with Crippen molar-refractivity contribution < 1.29 is 14.6 Å². The van der Waals surface area contributed by atoms with Crippen LogP contribution in [0.15, 0.2) is 36.9 Å². The quantitative estimate of drug-likeness (QED) is 0.543. The Balaban J connectivity index is 2.41. The molecular formula is C14H20N2O3. The normalized spacial score (nSPS) is 9.95. The summed E-state index contributed by atoms with van der Waals surface area (Å²) in [5.41, 5.74) is 6.28. The number of carbonyl (C=O) groups is 1. The van der Waals surface area contributed by atoms with Gasteiger partial charge in [0.1, 0.15) is 5.75 Å². The van der Waals surface area contributed by atoms with E-state index in [-0.39, 0.29) is 25.5 Å². The maximum atomic E-state index is 11.9. The van der Waals surface area contributed by atoms with E-state index in [1.54, 1.807) is 18.2 Å². The van der Waals surface area contributed by atoms with Crippen LogP contribution < -0.4 is 10.5 Å². The maximum Gasteiger partial charge on any atom is 0.226 e. The minimum Gasteiger partial charge on any atom is -0.491 e. The molecule has 0 saturated carbocycles. The van der Waals surface area contributed by atoms with Gasteiger partial charge in [-0.1, -0.05) is 18.2 Å². The summed E-state index contributed by atoms with van der Waals surface area (Å²) in [6.45, 7) is 4.50. The molecule has 1 amide bonds. The van der Waals surface area contributed by atoms with Gasteiger partial charge >= 0.3 is 0 Å².